The molecule has 4 N–H and O–H groups in total. The second-order valence-electron chi connectivity index (χ2n) is 4.23. The number of hydrogen-bond acceptors (Lipinski definition) is 2. The highest BCUT2D eigenvalue weighted by Gasteiger charge is 2.28. The SMILES string of the molecule is Cc1[nH]ccc1C(=O)NCC(N)C1CC1.Cl. The average molecular weight is 244 g/mol. The number of aromatic amines is 1. The van der Waals surface area contributed by atoms with Gasteiger partial charge in [-0.25, -0.2) is 0 Å². The van der Waals surface area contributed by atoms with Crippen LogP contribution in [0.4, 0.5) is 0 Å². The Kier molecular flexibility index (Phi) is 4.38. The maximum Gasteiger partial charge on any atom is 0.253 e. The van der Waals surface area contributed by atoms with Crippen molar-refractivity contribution in [2.45, 2.75) is 25.8 Å². The lowest BCUT2D eigenvalue weighted by molar-refractivity contribution is 0.0950. The summed E-state index contributed by atoms with van der Waals surface area (Å²) in [4.78, 5) is 14.7. The number of aromatic nitrogens is 1. The Hall–Kier alpha value is -1.00. The number of hydrogen-bond donors (Lipinski definition) is 3. The molecule has 0 aliphatic heterocycles. The molecule has 1 fully saturated rings. The molecular formula is C11H18ClN3O. The van der Waals surface area contributed by atoms with Gasteiger partial charge in [0.05, 0.1) is 5.56 Å². The molecule has 1 aromatic heterocycles. The second kappa shape index (κ2) is 5.37. The van der Waals surface area contributed by atoms with Gasteiger partial charge in [-0.15, -0.1) is 12.4 Å². The van der Waals surface area contributed by atoms with Crippen LogP contribution in [0.15, 0.2) is 12.3 Å². The van der Waals surface area contributed by atoms with Crippen molar-refractivity contribution in [2.24, 2.45) is 11.7 Å². The van der Waals surface area contributed by atoms with Gasteiger partial charge in [0, 0.05) is 24.5 Å². The number of carbonyl (C=O) groups is 1. The third-order valence-electron chi connectivity index (χ3n) is 2.92. The van der Waals surface area contributed by atoms with Gasteiger partial charge in [-0.2, -0.15) is 0 Å². The third-order valence-corrected chi connectivity index (χ3v) is 2.92. The van der Waals surface area contributed by atoms with Gasteiger partial charge in [-0.05, 0) is 31.7 Å². The number of halogens is 1. The first-order valence-electron chi connectivity index (χ1n) is 5.36. The summed E-state index contributed by atoms with van der Waals surface area (Å²) in [7, 11) is 0. The fraction of sp³-hybridized carbons (Fsp3) is 0.545. The Morgan fingerprint density at radius 3 is 2.88 bits per heavy atom. The van der Waals surface area contributed by atoms with Crippen LogP contribution in [0.1, 0.15) is 28.9 Å². The molecule has 90 valence electrons. The predicted octanol–water partition coefficient (Wildman–Crippen LogP) is 1.21. The Morgan fingerprint density at radius 1 is 1.69 bits per heavy atom. The zero-order valence-electron chi connectivity index (χ0n) is 9.32. The van der Waals surface area contributed by atoms with Crippen LogP contribution in [0.25, 0.3) is 0 Å². The maximum absolute atomic E-state index is 11.7. The Balaban J connectivity index is 0.00000128. The number of nitrogens with two attached hydrogens (primary N) is 1. The van der Waals surface area contributed by atoms with Gasteiger partial charge in [0.15, 0.2) is 0 Å². The molecule has 0 aromatic carbocycles. The van der Waals surface area contributed by atoms with Gasteiger partial charge < -0.3 is 16.0 Å². The van der Waals surface area contributed by atoms with Gasteiger partial charge in [0.1, 0.15) is 0 Å². The Morgan fingerprint density at radius 2 is 2.38 bits per heavy atom. The maximum atomic E-state index is 11.7. The van der Waals surface area contributed by atoms with E-state index in [9.17, 15) is 4.79 Å². The summed E-state index contributed by atoms with van der Waals surface area (Å²) in [6.45, 7) is 2.46. The monoisotopic (exact) mass is 243 g/mol. The molecule has 4 nitrogen and oxygen atoms in total. The lowest BCUT2D eigenvalue weighted by Crippen LogP contribution is -2.38. The molecule has 16 heavy (non-hydrogen) atoms. The summed E-state index contributed by atoms with van der Waals surface area (Å²) >= 11 is 0. The number of nitrogens with one attached hydrogen (secondary N) is 2. The van der Waals surface area contributed by atoms with E-state index >= 15 is 0 Å². The Labute approximate surface area is 101 Å². The van der Waals surface area contributed by atoms with E-state index in [1.54, 1.807) is 12.3 Å². The normalized spacial score (nSPS) is 16.4. The van der Waals surface area contributed by atoms with Crippen molar-refractivity contribution in [1.29, 1.82) is 0 Å². The number of amides is 1. The minimum atomic E-state index is -0.0372. The lowest BCUT2D eigenvalue weighted by Gasteiger charge is -2.11. The van der Waals surface area contributed by atoms with Crippen molar-refractivity contribution < 1.29 is 4.79 Å². The van der Waals surface area contributed by atoms with E-state index < -0.39 is 0 Å². The number of rotatable bonds is 4. The molecule has 1 unspecified atom stereocenters. The molecule has 0 bridgehead atoms. The van der Waals surface area contributed by atoms with Crippen molar-refractivity contribution in [2.75, 3.05) is 6.54 Å². The molecule has 1 aliphatic carbocycles. The van der Waals surface area contributed by atoms with E-state index in [0.717, 1.165) is 5.69 Å². The number of aryl methyl sites for hydroxylation is 1. The standard InChI is InChI=1S/C11H17N3O.ClH/c1-7-9(4-5-13-7)11(15)14-6-10(12)8-2-3-8;/h4-5,8,10,13H,2-3,6,12H2,1H3,(H,14,15);1H. The number of carbonyl (C=O) groups excluding carboxylic acids is 1. The van der Waals surface area contributed by atoms with Crippen LogP contribution < -0.4 is 11.1 Å². The molecule has 1 heterocycles. The molecular weight excluding hydrogens is 226 g/mol. The average Bonchev–Trinajstić information content (AvgIpc) is 2.98. The topological polar surface area (TPSA) is 70.9 Å². The van der Waals surface area contributed by atoms with E-state index in [4.69, 9.17) is 5.73 Å². The summed E-state index contributed by atoms with van der Waals surface area (Å²) in [5.41, 5.74) is 7.50. The van der Waals surface area contributed by atoms with Crippen LogP contribution in [0.3, 0.4) is 0 Å². The van der Waals surface area contributed by atoms with Crippen LogP contribution >= 0.6 is 12.4 Å². The fourth-order valence-electron chi connectivity index (χ4n) is 1.70. The second-order valence-corrected chi connectivity index (χ2v) is 4.23. The molecule has 1 atom stereocenters. The van der Waals surface area contributed by atoms with Crippen LogP contribution in [0, 0.1) is 12.8 Å². The molecule has 2 rings (SSSR count). The van der Waals surface area contributed by atoms with Crippen molar-refractivity contribution in [3.05, 3.63) is 23.5 Å². The molecule has 1 aliphatic rings. The zero-order chi connectivity index (χ0) is 10.8. The Bertz CT molecular complexity index is 360. The van der Waals surface area contributed by atoms with Crippen molar-refractivity contribution >= 4 is 18.3 Å². The largest absolute Gasteiger partial charge is 0.365 e. The molecule has 1 amide bonds. The summed E-state index contributed by atoms with van der Waals surface area (Å²) < 4.78 is 0. The predicted molar refractivity (Wildman–Crippen MR) is 65.8 cm³/mol. The highest BCUT2D eigenvalue weighted by Crippen LogP contribution is 2.31. The molecule has 1 saturated carbocycles. The lowest BCUT2D eigenvalue weighted by atomic mass is 10.2. The number of H-pyrrole nitrogens is 1. The van der Waals surface area contributed by atoms with Gasteiger partial charge in [0.2, 0.25) is 0 Å². The summed E-state index contributed by atoms with van der Waals surface area (Å²) in [5.74, 6) is 0.586. The van der Waals surface area contributed by atoms with Crippen molar-refractivity contribution in [3.63, 3.8) is 0 Å². The first kappa shape index (κ1) is 13.1. The summed E-state index contributed by atoms with van der Waals surface area (Å²) in [5, 5.41) is 2.86. The van der Waals surface area contributed by atoms with Gasteiger partial charge in [-0.3, -0.25) is 4.79 Å². The van der Waals surface area contributed by atoms with Crippen LogP contribution in [0.5, 0.6) is 0 Å². The smallest absolute Gasteiger partial charge is 0.253 e. The van der Waals surface area contributed by atoms with E-state index in [-0.39, 0.29) is 24.4 Å². The van der Waals surface area contributed by atoms with Crippen LogP contribution in [-0.2, 0) is 0 Å². The van der Waals surface area contributed by atoms with Crippen molar-refractivity contribution in [3.8, 4) is 0 Å². The molecule has 0 spiro atoms. The zero-order valence-corrected chi connectivity index (χ0v) is 10.1. The highest BCUT2D eigenvalue weighted by molar-refractivity contribution is 5.95. The van der Waals surface area contributed by atoms with Gasteiger partial charge >= 0.3 is 0 Å². The fourth-order valence-corrected chi connectivity index (χ4v) is 1.70. The van der Waals surface area contributed by atoms with E-state index in [1.165, 1.54) is 12.8 Å². The van der Waals surface area contributed by atoms with Gasteiger partial charge in [0.25, 0.3) is 5.91 Å². The summed E-state index contributed by atoms with van der Waals surface area (Å²) in [6.07, 6.45) is 4.19. The minimum Gasteiger partial charge on any atom is -0.365 e. The van der Waals surface area contributed by atoms with Crippen LogP contribution in [0.2, 0.25) is 0 Å². The quantitative estimate of drug-likeness (QED) is 0.744. The minimum absolute atomic E-state index is 0. The first-order valence-corrected chi connectivity index (χ1v) is 5.36. The summed E-state index contributed by atoms with van der Waals surface area (Å²) in [6, 6.07) is 1.90. The van der Waals surface area contributed by atoms with Gasteiger partial charge in [-0.1, -0.05) is 0 Å². The van der Waals surface area contributed by atoms with E-state index in [1.807, 2.05) is 6.92 Å². The van der Waals surface area contributed by atoms with Crippen LogP contribution in [-0.4, -0.2) is 23.5 Å². The highest BCUT2D eigenvalue weighted by atomic mass is 35.5. The molecule has 0 radical (unpaired) electrons. The molecule has 1 aromatic rings. The first-order chi connectivity index (χ1) is 7.18. The van der Waals surface area contributed by atoms with E-state index in [0.29, 0.717) is 18.0 Å². The van der Waals surface area contributed by atoms with Crippen molar-refractivity contribution in [1.82, 2.24) is 10.3 Å². The third kappa shape index (κ3) is 3.00. The van der Waals surface area contributed by atoms with E-state index in [2.05, 4.69) is 10.3 Å². The molecule has 5 heteroatoms. The molecule has 0 saturated heterocycles.